The molecule has 0 saturated carbocycles. The lowest BCUT2D eigenvalue weighted by Gasteiger charge is -2.20. The molecule has 0 atom stereocenters. The number of carbonyl (C=O) groups excluding carboxylic acids is 1. The Bertz CT molecular complexity index is 1220. The summed E-state index contributed by atoms with van der Waals surface area (Å²) in [5.41, 5.74) is 1.77. The van der Waals surface area contributed by atoms with Crippen LogP contribution in [0.2, 0.25) is 5.15 Å². The molecule has 0 aliphatic carbocycles. The number of anilines is 1. The molecule has 1 aliphatic heterocycles. The molecular weight excluding hydrogens is 384 g/mol. The lowest BCUT2D eigenvalue weighted by Crippen LogP contribution is -2.32. The highest BCUT2D eigenvalue weighted by Gasteiger charge is 2.29. The maximum absolute atomic E-state index is 13.1. The number of aromatic nitrogens is 5. The van der Waals surface area contributed by atoms with Gasteiger partial charge in [0, 0.05) is 24.2 Å². The third kappa shape index (κ3) is 2.59. The SMILES string of the molecule is Cc1nnc(-n2ccc3cc(N4CCOc5ncnc(Cl)c5C4=O)ccc32)o1. The molecule has 0 unspecified atom stereocenters. The van der Waals surface area contributed by atoms with Gasteiger partial charge in [-0.25, -0.2) is 9.97 Å². The first kappa shape index (κ1) is 16.7. The quantitative estimate of drug-likeness (QED) is 0.480. The number of nitrogens with zero attached hydrogens (tertiary/aromatic N) is 6. The van der Waals surface area contributed by atoms with Crippen LogP contribution in [0.4, 0.5) is 5.69 Å². The molecule has 140 valence electrons. The summed E-state index contributed by atoms with van der Waals surface area (Å²) in [5.74, 6) is 0.386. The summed E-state index contributed by atoms with van der Waals surface area (Å²) in [6.07, 6.45) is 3.12. The largest absolute Gasteiger partial charge is 0.475 e. The molecule has 10 heteroatoms. The van der Waals surface area contributed by atoms with E-state index in [1.54, 1.807) is 16.4 Å². The van der Waals surface area contributed by atoms with Crippen molar-refractivity contribution in [1.29, 1.82) is 0 Å². The molecule has 9 nitrogen and oxygen atoms in total. The fourth-order valence-corrected chi connectivity index (χ4v) is 3.41. The third-order valence-electron chi connectivity index (χ3n) is 4.49. The lowest BCUT2D eigenvalue weighted by atomic mass is 10.2. The molecule has 4 heterocycles. The molecule has 0 fully saturated rings. The van der Waals surface area contributed by atoms with Crippen molar-refractivity contribution in [1.82, 2.24) is 24.7 Å². The van der Waals surface area contributed by atoms with E-state index in [9.17, 15) is 4.79 Å². The van der Waals surface area contributed by atoms with Crippen molar-refractivity contribution < 1.29 is 13.9 Å². The maximum Gasteiger partial charge on any atom is 0.327 e. The molecule has 1 amide bonds. The first-order chi connectivity index (χ1) is 13.6. The minimum Gasteiger partial charge on any atom is -0.475 e. The smallest absolute Gasteiger partial charge is 0.327 e. The summed E-state index contributed by atoms with van der Waals surface area (Å²) >= 11 is 6.13. The van der Waals surface area contributed by atoms with E-state index in [0.717, 1.165) is 10.9 Å². The Kier molecular flexibility index (Phi) is 3.76. The third-order valence-corrected chi connectivity index (χ3v) is 4.77. The van der Waals surface area contributed by atoms with Gasteiger partial charge in [-0.3, -0.25) is 9.36 Å². The van der Waals surface area contributed by atoms with Gasteiger partial charge in [-0.15, -0.1) is 5.10 Å². The van der Waals surface area contributed by atoms with Crippen LogP contribution < -0.4 is 9.64 Å². The Hall–Kier alpha value is -3.46. The normalized spacial score (nSPS) is 14.1. The van der Waals surface area contributed by atoms with Crippen molar-refractivity contribution in [3.63, 3.8) is 0 Å². The molecule has 0 saturated heterocycles. The monoisotopic (exact) mass is 396 g/mol. The van der Waals surface area contributed by atoms with Crippen LogP contribution in [0.15, 0.2) is 41.2 Å². The molecular formula is C18H13ClN6O3. The number of benzene rings is 1. The van der Waals surface area contributed by atoms with E-state index < -0.39 is 0 Å². The van der Waals surface area contributed by atoms with Gasteiger partial charge in [0.2, 0.25) is 11.8 Å². The summed E-state index contributed by atoms with van der Waals surface area (Å²) in [5, 5.41) is 8.90. The Morgan fingerprint density at radius 2 is 2.07 bits per heavy atom. The summed E-state index contributed by atoms with van der Waals surface area (Å²) in [7, 11) is 0. The van der Waals surface area contributed by atoms with Gasteiger partial charge in [0.05, 0.1) is 12.1 Å². The fraction of sp³-hybridized carbons (Fsp3) is 0.167. The van der Waals surface area contributed by atoms with E-state index in [2.05, 4.69) is 20.2 Å². The summed E-state index contributed by atoms with van der Waals surface area (Å²) in [6, 6.07) is 7.96. The van der Waals surface area contributed by atoms with Gasteiger partial charge in [0.25, 0.3) is 5.91 Å². The molecule has 3 aromatic heterocycles. The van der Waals surface area contributed by atoms with E-state index in [0.29, 0.717) is 30.7 Å². The number of carbonyl (C=O) groups is 1. The zero-order chi connectivity index (χ0) is 19.3. The van der Waals surface area contributed by atoms with Crippen LogP contribution >= 0.6 is 11.6 Å². The number of aryl methyl sites for hydroxylation is 1. The summed E-state index contributed by atoms with van der Waals surface area (Å²) in [4.78, 5) is 22.6. The van der Waals surface area contributed by atoms with Gasteiger partial charge in [0.1, 0.15) is 23.7 Å². The molecule has 28 heavy (non-hydrogen) atoms. The van der Waals surface area contributed by atoms with Gasteiger partial charge in [0.15, 0.2) is 0 Å². The van der Waals surface area contributed by atoms with Crippen LogP contribution in [-0.4, -0.2) is 43.8 Å². The van der Waals surface area contributed by atoms with Gasteiger partial charge >= 0.3 is 6.01 Å². The second kappa shape index (κ2) is 6.31. The van der Waals surface area contributed by atoms with Gasteiger partial charge in [-0.05, 0) is 24.3 Å². The fourth-order valence-electron chi connectivity index (χ4n) is 3.20. The summed E-state index contributed by atoms with van der Waals surface area (Å²) < 4.78 is 12.9. The Balaban J connectivity index is 1.56. The van der Waals surface area contributed by atoms with Crippen molar-refractivity contribution in [2.75, 3.05) is 18.1 Å². The van der Waals surface area contributed by atoms with Crippen molar-refractivity contribution >= 4 is 34.1 Å². The highest BCUT2D eigenvalue weighted by molar-refractivity contribution is 6.33. The van der Waals surface area contributed by atoms with Crippen LogP contribution in [0.5, 0.6) is 5.88 Å². The highest BCUT2D eigenvalue weighted by atomic mass is 35.5. The second-order valence-corrected chi connectivity index (χ2v) is 6.54. The van der Waals surface area contributed by atoms with Crippen LogP contribution in [-0.2, 0) is 0 Å². The molecule has 4 aromatic rings. The van der Waals surface area contributed by atoms with E-state index in [1.807, 2.05) is 30.5 Å². The Labute approximate surface area is 163 Å². The first-order valence-electron chi connectivity index (χ1n) is 8.48. The zero-order valence-electron chi connectivity index (χ0n) is 14.7. The van der Waals surface area contributed by atoms with E-state index in [1.165, 1.54) is 6.33 Å². The predicted molar refractivity (Wildman–Crippen MR) is 100 cm³/mol. The topological polar surface area (TPSA) is 99.2 Å². The highest BCUT2D eigenvalue weighted by Crippen LogP contribution is 2.31. The standard InChI is InChI=1S/C18H13ClN6O3/c1-10-22-23-18(28-10)25-5-4-11-8-12(2-3-13(11)25)24-6-7-27-16-14(17(24)26)15(19)20-9-21-16/h2-5,8-9H,6-7H2,1H3. The molecule has 5 rings (SSSR count). The minimum atomic E-state index is -0.301. The average molecular weight is 397 g/mol. The number of rotatable bonds is 2. The Morgan fingerprint density at radius 1 is 1.18 bits per heavy atom. The van der Waals surface area contributed by atoms with Crippen LogP contribution in [0.3, 0.4) is 0 Å². The predicted octanol–water partition coefficient (Wildman–Crippen LogP) is 2.80. The minimum absolute atomic E-state index is 0.0703. The van der Waals surface area contributed by atoms with Crippen molar-refractivity contribution in [2.24, 2.45) is 0 Å². The molecule has 1 aromatic carbocycles. The van der Waals surface area contributed by atoms with Crippen LogP contribution in [0, 0.1) is 6.92 Å². The zero-order valence-corrected chi connectivity index (χ0v) is 15.4. The number of ether oxygens (including phenoxy) is 1. The van der Waals surface area contributed by atoms with Gasteiger partial charge in [-0.2, -0.15) is 0 Å². The second-order valence-electron chi connectivity index (χ2n) is 6.18. The summed E-state index contributed by atoms with van der Waals surface area (Å²) in [6.45, 7) is 2.40. The van der Waals surface area contributed by atoms with Crippen molar-refractivity contribution in [3.8, 4) is 11.9 Å². The van der Waals surface area contributed by atoms with Crippen molar-refractivity contribution in [3.05, 3.63) is 53.4 Å². The molecule has 0 spiro atoms. The van der Waals surface area contributed by atoms with Gasteiger partial charge in [-0.1, -0.05) is 16.7 Å². The van der Waals surface area contributed by atoms with Gasteiger partial charge < -0.3 is 14.1 Å². The number of halogens is 1. The van der Waals surface area contributed by atoms with E-state index in [-0.39, 0.29) is 22.5 Å². The molecule has 0 radical (unpaired) electrons. The van der Waals surface area contributed by atoms with Crippen LogP contribution in [0.25, 0.3) is 16.9 Å². The number of hydrogen-bond donors (Lipinski definition) is 0. The van der Waals surface area contributed by atoms with Crippen LogP contribution in [0.1, 0.15) is 16.2 Å². The van der Waals surface area contributed by atoms with Crippen molar-refractivity contribution in [2.45, 2.75) is 6.92 Å². The molecule has 0 bridgehead atoms. The van der Waals surface area contributed by atoms with E-state index in [4.69, 9.17) is 20.8 Å². The number of fused-ring (bicyclic) bond motifs is 2. The maximum atomic E-state index is 13.1. The van der Waals surface area contributed by atoms with E-state index >= 15 is 0 Å². The molecule has 0 N–H and O–H groups in total. The lowest BCUT2D eigenvalue weighted by molar-refractivity contribution is 0.0989. The number of hydrogen-bond acceptors (Lipinski definition) is 7. The Morgan fingerprint density at radius 3 is 2.89 bits per heavy atom. The first-order valence-corrected chi connectivity index (χ1v) is 8.86. The average Bonchev–Trinajstić information content (AvgIpc) is 3.25. The number of amides is 1. The molecule has 1 aliphatic rings.